The lowest BCUT2D eigenvalue weighted by atomic mass is 9.96. The summed E-state index contributed by atoms with van der Waals surface area (Å²) >= 11 is 0. The first-order valence-electron chi connectivity index (χ1n) is 10.6. The number of rotatable bonds is 8. The summed E-state index contributed by atoms with van der Waals surface area (Å²) in [4.78, 5) is 14.8. The number of hydrogen-bond donors (Lipinski definition) is 0. The molecule has 0 N–H and O–H groups in total. The maximum atomic E-state index is 12.9. The van der Waals surface area contributed by atoms with E-state index in [1.165, 1.54) is 0 Å². The predicted molar refractivity (Wildman–Crippen MR) is 124 cm³/mol. The van der Waals surface area contributed by atoms with Crippen LogP contribution in [0.25, 0.3) is 27.7 Å². The van der Waals surface area contributed by atoms with Crippen molar-refractivity contribution in [3.63, 3.8) is 0 Å². The lowest BCUT2D eigenvalue weighted by Crippen LogP contribution is -2.31. The fraction of sp³-hybridized carbons (Fsp3) is 0.346. The van der Waals surface area contributed by atoms with E-state index in [-0.39, 0.29) is 5.91 Å². The molecule has 1 aromatic heterocycles. The minimum atomic E-state index is 0.0477. The molecule has 0 saturated heterocycles. The Kier molecular flexibility index (Phi) is 6.99. The molecule has 3 aromatic rings. The molecule has 0 radical (unpaired) electrons. The molecule has 158 valence electrons. The first kappa shape index (κ1) is 21.7. The van der Waals surface area contributed by atoms with Crippen molar-refractivity contribution in [2.45, 2.75) is 40.5 Å². The summed E-state index contributed by atoms with van der Waals surface area (Å²) in [6.07, 6.45) is 5.42. The zero-order chi connectivity index (χ0) is 21.7. The predicted octanol–water partition coefficient (Wildman–Crippen LogP) is 6.47. The number of hydrogen-bond acceptors (Lipinski definition) is 3. The SMILES string of the molecule is CCCN(CCC)C(=O)/C=C(\C)c1cc2c(-c3ccccc3)coc2c(C)c1OC. The minimum Gasteiger partial charge on any atom is -0.496 e. The smallest absolute Gasteiger partial charge is 0.246 e. The van der Waals surface area contributed by atoms with Gasteiger partial charge in [-0.05, 0) is 43.9 Å². The van der Waals surface area contributed by atoms with Gasteiger partial charge < -0.3 is 14.1 Å². The highest BCUT2D eigenvalue weighted by molar-refractivity contribution is 6.01. The molecular formula is C26H31NO3. The minimum absolute atomic E-state index is 0.0477. The maximum Gasteiger partial charge on any atom is 0.246 e. The van der Waals surface area contributed by atoms with E-state index in [0.717, 1.165) is 70.5 Å². The van der Waals surface area contributed by atoms with Crippen molar-refractivity contribution in [2.75, 3.05) is 20.2 Å². The Labute approximate surface area is 179 Å². The van der Waals surface area contributed by atoms with Gasteiger partial charge in [-0.3, -0.25) is 4.79 Å². The summed E-state index contributed by atoms with van der Waals surface area (Å²) in [5, 5.41) is 1.02. The molecule has 0 saturated carbocycles. The van der Waals surface area contributed by atoms with E-state index in [9.17, 15) is 4.79 Å². The molecule has 0 spiro atoms. The summed E-state index contributed by atoms with van der Waals surface area (Å²) in [6, 6.07) is 12.3. The summed E-state index contributed by atoms with van der Waals surface area (Å²) in [6.45, 7) is 9.70. The molecule has 0 aliphatic heterocycles. The number of ether oxygens (including phenoxy) is 1. The molecule has 0 unspecified atom stereocenters. The number of carbonyl (C=O) groups excluding carboxylic acids is 1. The summed E-state index contributed by atoms with van der Waals surface area (Å²) in [7, 11) is 1.66. The van der Waals surface area contributed by atoms with Crippen LogP contribution in [0, 0.1) is 6.92 Å². The second kappa shape index (κ2) is 9.66. The van der Waals surface area contributed by atoms with Crippen molar-refractivity contribution >= 4 is 22.4 Å². The second-order valence-electron chi connectivity index (χ2n) is 7.63. The number of amides is 1. The number of fused-ring (bicyclic) bond motifs is 1. The van der Waals surface area contributed by atoms with Crippen molar-refractivity contribution in [3.05, 3.63) is 59.9 Å². The van der Waals surface area contributed by atoms with Gasteiger partial charge in [-0.25, -0.2) is 0 Å². The van der Waals surface area contributed by atoms with Gasteiger partial charge in [-0.15, -0.1) is 0 Å². The Morgan fingerprint density at radius 2 is 1.80 bits per heavy atom. The van der Waals surface area contributed by atoms with Gasteiger partial charge in [0.2, 0.25) is 5.91 Å². The van der Waals surface area contributed by atoms with Crippen LogP contribution in [0.2, 0.25) is 0 Å². The Morgan fingerprint density at radius 3 is 2.40 bits per heavy atom. The van der Waals surface area contributed by atoms with Crippen LogP contribution in [0.5, 0.6) is 5.75 Å². The van der Waals surface area contributed by atoms with Gasteiger partial charge in [0.05, 0.1) is 13.4 Å². The van der Waals surface area contributed by atoms with Crippen LogP contribution in [0.1, 0.15) is 44.7 Å². The van der Waals surface area contributed by atoms with Crippen LogP contribution >= 0.6 is 0 Å². The number of benzene rings is 2. The molecule has 0 atom stereocenters. The first-order valence-corrected chi connectivity index (χ1v) is 10.6. The largest absolute Gasteiger partial charge is 0.496 e. The molecule has 30 heavy (non-hydrogen) atoms. The zero-order valence-corrected chi connectivity index (χ0v) is 18.6. The lowest BCUT2D eigenvalue weighted by molar-refractivity contribution is -0.126. The molecule has 3 rings (SSSR count). The number of nitrogens with zero attached hydrogens (tertiary/aromatic N) is 1. The highest BCUT2D eigenvalue weighted by Crippen LogP contribution is 2.40. The zero-order valence-electron chi connectivity index (χ0n) is 18.6. The van der Waals surface area contributed by atoms with E-state index in [2.05, 4.69) is 32.0 Å². The Hall–Kier alpha value is -3.01. The summed E-state index contributed by atoms with van der Waals surface area (Å²) in [5.74, 6) is 0.794. The monoisotopic (exact) mass is 405 g/mol. The quantitative estimate of drug-likeness (QED) is 0.403. The molecule has 1 heterocycles. The molecule has 0 aliphatic carbocycles. The van der Waals surface area contributed by atoms with Crippen molar-refractivity contribution < 1.29 is 13.9 Å². The van der Waals surface area contributed by atoms with Crippen LogP contribution < -0.4 is 4.74 Å². The normalized spacial score (nSPS) is 11.7. The van der Waals surface area contributed by atoms with Gasteiger partial charge in [-0.2, -0.15) is 0 Å². The van der Waals surface area contributed by atoms with Crippen molar-refractivity contribution in [2.24, 2.45) is 0 Å². The molecule has 0 bridgehead atoms. The van der Waals surface area contributed by atoms with Crippen molar-refractivity contribution in [1.29, 1.82) is 0 Å². The van der Waals surface area contributed by atoms with E-state index >= 15 is 0 Å². The van der Waals surface area contributed by atoms with Crippen molar-refractivity contribution in [3.8, 4) is 16.9 Å². The fourth-order valence-electron chi connectivity index (χ4n) is 3.94. The van der Waals surface area contributed by atoms with Gasteiger partial charge in [0.1, 0.15) is 11.3 Å². The molecule has 0 fully saturated rings. The Morgan fingerprint density at radius 1 is 1.13 bits per heavy atom. The van der Waals surface area contributed by atoms with E-state index < -0.39 is 0 Å². The summed E-state index contributed by atoms with van der Waals surface area (Å²) < 4.78 is 11.7. The van der Waals surface area contributed by atoms with Crippen molar-refractivity contribution in [1.82, 2.24) is 4.90 Å². The first-order chi connectivity index (χ1) is 14.5. The standard InChI is InChI=1S/C26H31NO3/c1-6-13-27(14-7-2)24(28)15-18(3)21-16-22-23(20-11-9-8-10-12-20)17-30-26(22)19(4)25(21)29-5/h8-12,15-17H,6-7,13-14H2,1-5H3/b18-15+. The third-order valence-corrected chi connectivity index (χ3v) is 5.40. The van der Waals surface area contributed by atoms with Gasteiger partial charge in [0, 0.05) is 41.2 Å². The number of aryl methyl sites for hydroxylation is 1. The third-order valence-electron chi connectivity index (χ3n) is 5.40. The van der Waals surface area contributed by atoms with Crippen LogP contribution in [0.3, 0.4) is 0 Å². The third kappa shape index (κ3) is 4.28. The summed E-state index contributed by atoms with van der Waals surface area (Å²) in [5.41, 5.74) is 5.69. The van der Waals surface area contributed by atoms with E-state index in [1.54, 1.807) is 19.4 Å². The number of furan rings is 1. The topological polar surface area (TPSA) is 42.7 Å². The van der Waals surface area contributed by atoms with Crippen LogP contribution in [0.4, 0.5) is 0 Å². The molecule has 1 amide bonds. The number of allylic oxidation sites excluding steroid dienone is 1. The second-order valence-corrected chi connectivity index (χ2v) is 7.63. The van der Waals surface area contributed by atoms with E-state index in [0.29, 0.717) is 0 Å². The van der Waals surface area contributed by atoms with E-state index in [1.807, 2.05) is 36.9 Å². The van der Waals surface area contributed by atoms with Crippen LogP contribution in [0.15, 0.2) is 53.2 Å². The lowest BCUT2D eigenvalue weighted by Gasteiger charge is -2.20. The molecule has 2 aromatic carbocycles. The average molecular weight is 406 g/mol. The van der Waals surface area contributed by atoms with Gasteiger partial charge >= 0.3 is 0 Å². The maximum absolute atomic E-state index is 12.9. The fourth-order valence-corrected chi connectivity index (χ4v) is 3.94. The molecule has 4 heteroatoms. The van der Waals surface area contributed by atoms with Gasteiger partial charge in [-0.1, -0.05) is 44.2 Å². The highest BCUT2D eigenvalue weighted by Gasteiger charge is 2.19. The van der Waals surface area contributed by atoms with E-state index in [4.69, 9.17) is 9.15 Å². The van der Waals surface area contributed by atoms with Gasteiger partial charge in [0.25, 0.3) is 0 Å². The van der Waals surface area contributed by atoms with Crippen LogP contribution in [-0.2, 0) is 4.79 Å². The van der Waals surface area contributed by atoms with Crippen LogP contribution in [-0.4, -0.2) is 31.0 Å². The molecular weight excluding hydrogens is 374 g/mol. The Bertz CT molecular complexity index is 1040. The highest BCUT2D eigenvalue weighted by atomic mass is 16.5. The molecule has 4 nitrogen and oxygen atoms in total. The number of carbonyl (C=O) groups is 1. The average Bonchev–Trinajstić information content (AvgIpc) is 3.18. The van der Waals surface area contributed by atoms with Gasteiger partial charge in [0.15, 0.2) is 0 Å². The number of methoxy groups -OCH3 is 1. The molecule has 0 aliphatic rings. The Balaban J connectivity index is 2.11.